The van der Waals surface area contributed by atoms with Gasteiger partial charge in [-0.05, 0) is 34.1 Å². The van der Waals surface area contributed by atoms with Gasteiger partial charge < -0.3 is 0 Å². The van der Waals surface area contributed by atoms with Gasteiger partial charge in [-0.25, -0.2) is 4.39 Å². The van der Waals surface area contributed by atoms with Gasteiger partial charge in [0.15, 0.2) is 0 Å². The summed E-state index contributed by atoms with van der Waals surface area (Å²) in [4.78, 5) is 0. The highest BCUT2D eigenvalue weighted by atomic mass is 79.9. The van der Waals surface area contributed by atoms with Crippen LogP contribution >= 0.6 is 15.9 Å². The first-order chi connectivity index (χ1) is 6.27. The second kappa shape index (κ2) is 3.26. The minimum absolute atomic E-state index is 0.281. The van der Waals surface area contributed by atoms with Crippen molar-refractivity contribution in [2.24, 2.45) is 0 Å². The average molecular weight is 242 g/mol. The molecule has 0 aliphatic heterocycles. The molecule has 1 heterocycles. The van der Waals surface area contributed by atoms with E-state index in [4.69, 9.17) is 0 Å². The van der Waals surface area contributed by atoms with Crippen LogP contribution in [0.5, 0.6) is 0 Å². The molecule has 0 fully saturated rings. The molecule has 0 unspecified atom stereocenters. The Bertz CT molecular complexity index is 413. The molecule has 0 aliphatic rings. The first-order valence-electron chi connectivity index (χ1n) is 3.57. The first-order valence-corrected chi connectivity index (χ1v) is 4.37. The van der Waals surface area contributed by atoms with Gasteiger partial charge in [-0.3, -0.25) is 4.57 Å². The van der Waals surface area contributed by atoms with E-state index in [-0.39, 0.29) is 5.82 Å². The fourth-order valence-corrected chi connectivity index (χ4v) is 1.35. The summed E-state index contributed by atoms with van der Waals surface area (Å²) in [6, 6.07) is 4.71. The van der Waals surface area contributed by atoms with Crippen molar-refractivity contribution in [1.82, 2.24) is 14.8 Å². The van der Waals surface area contributed by atoms with Crippen LogP contribution in [0.3, 0.4) is 0 Å². The lowest BCUT2D eigenvalue weighted by atomic mass is 10.3. The zero-order valence-electron chi connectivity index (χ0n) is 6.48. The molecule has 5 heteroatoms. The molecule has 3 nitrogen and oxygen atoms in total. The van der Waals surface area contributed by atoms with Crippen molar-refractivity contribution >= 4 is 15.9 Å². The Morgan fingerprint density at radius 3 is 2.54 bits per heavy atom. The summed E-state index contributed by atoms with van der Waals surface area (Å²) in [7, 11) is 0. The smallest absolute Gasteiger partial charge is 0.137 e. The Morgan fingerprint density at radius 2 is 1.92 bits per heavy atom. The van der Waals surface area contributed by atoms with Gasteiger partial charge in [0.25, 0.3) is 0 Å². The van der Waals surface area contributed by atoms with Gasteiger partial charge in [-0.15, -0.1) is 10.2 Å². The number of hydrogen-bond donors (Lipinski definition) is 0. The van der Waals surface area contributed by atoms with Crippen LogP contribution in [-0.2, 0) is 0 Å². The monoisotopic (exact) mass is 241 g/mol. The van der Waals surface area contributed by atoms with Gasteiger partial charge in [-0.1, -0.05) is 0 Å². The predicted octanol–water partition coefficient (Wildman–Crippen LogP) is 2.17. The lowest BCUT2D eigenvalue weighted by Crippen LogP contribution is -1.90. The number of hydrogen-bond acceptors (Lipinski definition) is 2. The minimum Gasteiger partial charge on any atom is -0.288 e. The molecular weight excluding hydrogens is 237 g/mol. The van der Waals surface area contributed by atoms with E-state index in [1.54, 1.807) is 29.4 Å². The van der Waals surface area contributed by atoms with E-state index in [0.29, 0.717) is 4.47 Å². The summed E-state index contributed by atoms with van der Waals surface area (Å²) in [5, 5.41) is 7.31. The predicted molar refractivity (Wildman–Crippen MR) is 49.0 cm³/mol. The third-order valence-corrected chi connectivity index (χ3v) is 2.23. The molecule has 1 aromatic heterocycles. The number of aromatic nitrogens is 3. The molecule has 13 heavy (non-hydrogen) atoms. The van der Waals surface area contributed by atoms with Crippen LogP contribution in [0.1, 0.15) is 0 Å². The minimum atomic E-state index is -0.281. The van der Waals surface area contributed by atoms with Gasteiger partial charge in [0.2, 0.25) is 0 Å². The highest BCUT2D eigenvalue weighted by Gasteiger charge is 2.01. The van der Waals surface area contributed by atoms with Crippen molar-refractivity contribution in [2.45, 2.75) is 0 Å². The van der Waals surface area contributed by atoms with E-state index in [1.165, 1.54) is 6.07 Å². The van der Waals surface area contributed by atoms with E-state index in [1.807, 2.05) is 0 Å². The Morgan fingerprint density at radius 1 is 1.23 bits per heavy atom. The van der Waals surface area contributed by atoms with E-state index in [9.17, 15) is 4.39 Å². The van der Waals surface area contributed by atoms with Gasteiger partial charge >= 0.3 is 0 Å². The van der Waals surface area contributed by atoms with Gasteiger partial charge in [0.1, 0.15) is 18.5 Å². The van der Waals surface area contributed by atoms with Crippen LogP contribution in [0, 0.1) is 5.82 Å². The summed E-state index contributed by atoms with van der Waals surface area (Å²) in [6.45, 7) is 0. The van der Waals surface area contributed by atoms with Crippen LogP contribution in [0.4, 0.5) is 4.39 Å². The molecular formula is C8H5BrFN3. The quantitative estimate of drug-likeness (QED) is 0.767. The molecule has 66 valence electrons. The third-order valence-electron chi connectivity index (χ3n) is 1.62. The van der Waals surface area contributed by atoms with Crippen LogP contribution in [0.25, 0.3) is 5.69 Å². The summed E-state index contributed by atoms with van der Waals surface area (Å²) < 4.78 is 15.0. The lowest BCUT2D eigenvalue weighted by Gasteiger charge is -2.01. The van der Waals surface area contributed by atoms with Gasteiger partial charge in [-0.2, -0.15) is 0 Å². The first kappa shape index (κ1) is 8.37. The summed E-state index contributed by atoms with van der Waals surface area (Å²) in [5.74, 6) is -0.281. The zero-order valence-corrected chi connectivity index (χ0v) is 8.07. The van der Waals surface area contributed by atoms with Crippen molar-refractivity contribution in [3.8, 4) is 5.69 Å². The molecule has 0 radical (unpaired) electrons. The van der Waals surface area contributed by atoms with E-state index in [2.05, 4.69) is 26.1 Å². The topological polar surface area (TPSA) is 30.7 Å². The second-order valence-electron chi connectivity index (χ2n) is 2.47. The summed E-state index contributed by atoms with van der Waals surface area (Å²) >= 11 is 3.10. The molecule has 0 saturated carbocycles. The van der Waals surface area contributed by atoms with Crippen molar-refractivity contribution in [3.05, 3.63) is 41.1 Å². The Hall–Kier alpha value is -1.23. The summed E-state index contributed by atoms with van der Waals surface area (Å²) in [6.07, 6.45) is 3.11. The van der Waals surface area contributed by atoms with Crippen molar-refractivity contribution < 1.29 is 4.39 Å². The molecule has 1 aromatic carbocycles. The molecule has 0 spiro atoms. The SMILES string of the molecule is Fc1ccc(-n2cnnc2)cc1Br. The molecule has 0 bridgehead atoms. The number of halogens is 2. The van der Waals surface area contributed by atoms with Crippen LogP contribution in [-0.4, -0.2) is 14.8 Å². The summed E-state index contributed by atoms with van der Waals surface area (Å²) in [5.41, 5.74) is 0.818. The maximum absolute atomic E-state index is 12.9. The fraction of sp³-hybridized carbons (Fsp3) is 0. The van der Waals surface area contributed by atoms with Gasteiger partial charge in [0.05, 0.1) is 4.47 Å². The largest absolute Gasteiger partial charge is 0.288 e. The van der Waals surface area contributed by atoms with Gasteiger partial charge in [0, 0.05) is 5.69 Å². The molecule has 0 saturated heterocycles. The maximum Gasteiger partial charge on any atom is 0.137 e. The van der Waals surface area contributed by atoms with Crippen LogP contribution in [0.2, 0.25) is 0 Å². The normalized spacial score (nSPS) is 10.3. The molecule has 0 amide bonds. The number of nitrogens with zero attached hydrogens (tertiary/aromatic N) is 3. The molecule has 0 aliphatic carbocycles. The third kappa shape index (κ3) is 1.60. The number of benzene rings is 1. The maximum atomic E-state index is 12.9. The standard InChI is InChI=1S/C8H5BrFN3/c9-7-3-6(1-2-8(7)10)13-4-11-12-5-13/h1-5H. The average Bonchev–Trinajstić information content (AvgIpc) is 2.62. The molecule has 2 aromatic rings. The molecule has 0 N–H and O–H groups in total. The second-order valence-corrected chi connectivity index (χ2v) is 3.32. The molecule has 2 rings (SSSR count). The zero-order chi connectivity index (χ0) is 9.26. The fourth-order valence-electron chi connectivity index (χ4n) is 0.980. The van der Waals surface area contributed by atoms with Crippen LogP contribution < -0.4 is 0 Å². The Balaban J connectivity index is 2.49. The van der Waals surface area contributed by atoms with E-state index < -0.39 is 0 Å². The van der Waals surface area contributed by atoms with Crippen molar-refractivity contribution in [2.75, 3.05) is 0 Å². The lowest BCUT2D eigenvalue weighted by molar-refractivity contribution is 0.620. The highest BCUT2D eigenvalue weighted by molar-refractivity contribution is 9.10. The Kier molecular flexibility index (Phi) is 2.10. The Labute approximate surface area is 82.3 Å². The number of rotatable bonds is 1. The van der Waals surface area contributed by atoms with Crippen LogP contribution in [0.15, 0.2) is 35.3 Å². The van der Waals surface area contributed by atoms with Crippen molar-refractivity contribution in [3.63, 3.8) is 0 Å². The molecule has 0 atom stereocenters. The van der Waals surface area contributed by atoms with E-state index in [0.717, 1.165) is 5.69 Å². The van der Waals surface area contributed by atoms with Crippen molar-refractivity contribution in [1.29, 1.82) is 0 Å². The highest BCUT2D eigenvalue weighted by Crippen LogP contribution is 2.18. The van der Waals surface area contributed by atoms with E-state index >= 15 is 0 Å².